The number of aryl methyl sites for hydroxylation is 1. The summed E-state index contributed by atoms with van der Waals surface area (Å²) < 4.78 is 30.1. The minimum atomic E-state index is -0.279. The van der Waals surface area contributed by atoms with E-state index in [1.54, 1.807) is 6.07 Å². The molecule has 1 aliphatic heterocycles. The first kappa shape index (κ1) is 17.1. The van der Waals surface area contributed by atoms with Crippen LogP contribution in [0.1, 0.15) is 12.0 Å². The van der Waals surface area contributed by atoms with E-state index < -0.39 is 0 Å². The smallest absolute Gasteiger partial charge is 0.186 e. The number of halogens is 1. The molecule has 2 rings (SSSR count). The molecule has 0 spiro atoms. The number of nitrogens with one attached hydrogen (secondary N) is 2. The Bertz CT molecular complexity index is 461. The van der Waals surface area contributed by atoms with Crippen LogP contribution in [-0.4, -0.2) is 34.8 Å². The van der Waals surface area contributed by atoms with Crippen molar-refractivity contribution < 1.29 is 18.2 Å². The zero-order chi connectivity index (χ0) is 15.1. The van der Waals surface area contributed by atoms with E-state index in [0.717, 1.165) is 18.4 Å². The molecule has 5 nitrogen and oxygen atoms in total. The van der Waals surface area contributed by atoms with E-state index in [2.05, 4.69) is 10.00 Å². The first-order valence-electron chi connectivity index (χ1n) is 6.38. The lowest BCUT2D eigenvalue weighted by Gasteiger charge is -2.31. The second kappa shape index (κ2) is 9.04. The Morgan fingerprint density at radius 1 is 1.38 bits per heavy atom. The van der Waals surface area contributed by atoms with E-state index in [0.29, 0.717) is 12.4 Å². The highest BCUT2D eigenvalue weighted by Gasteiger charge is 2.29. The number of fused-ring (bicyclic) bond motifs is 1. The SMILES string of the molecule is [B]NPOC[C@@H](OPN[B])[C@H]1CCc2cc(F)ccc2O1. The summed E-state index contributed by atoms with van der Waals surface area (Å²) in [5.41, 5.74) is 0.871. The van der Waals surface area contributed by atoms with Gasteiger partial charge in [0.25, 0.3) is 0 Å². The molecule has 1 aromatic carbocycles. The molecule has 10 heteroatoms. The van der Waals surface area contributed by atoms with E-state index in [1.807, 2.05) is 0 Å². The van der Waals surface area contributed by atoms with Crippen LogP contribution in [0, 0.1) is 5.82 Å². The van der Waals surface area contributed by atoms with Gasteiger partial charge in [-0.05, 0) is 36.6 Å². The summed E-state index contributed by atoms with van der Waals surface area (Å²) in [7, 11) is 10.3. The lowest BCUT2D eigenvalue weighted by atomic mass is 9.99. The highest BCUT2D eigenvalue weighted by atomic mass is 31.1. The first-order valence-corrected chi connectivity index (χ1v) is 8.20. The Labute approximate surface area is 129 Å². The average Bonchev–Trinajstić information content (AvgIpc) is 2.50. The maximum atomic E-state index is 13.2. The Hall–Kier alpha value is -0.220. The molecular formula is C11H15B2FN2O3P2. The van der Waals surface area contributed by atoms with Crippen molar-refractivity contribution in [2.24, 2.45) is 0 Å². The molecule has 2 N–H and O–H groups in total. The van der Waals surface area contributed by atoms with Crippen LogP contribution < -0.4 is 14.7 Å². The highest BCUT2D eigenvalue weighted by molar-refractivity contribution is 7.31. The van der Waals surface area contributed by atoms with Crippen LogP contribution in [0.5, 0.6) is 5.75 Å². The Balaban J connectivity index is 1.98. The Kier molecular flexibility index (Phi) is 7.38. The highest BCUT2D eigenvalue weighted by Crippen LogP contribution is 2.31. The van der Waals surface area contributed by atoms with E-state index in [4.69, 9.17) is 29.7 Å². The largest absolute Gasteiger partial charge is 0.487 e. The predicted molar refractivity (Wildman–Crippen MR) is 84.4 cm³/mol. The summed E-state index contributed by atoms with van der Waals surface area (Å²) in [4.78, 5) is 4.89. The molecule has 0 saturated heterocycles. The molecule has 0 bridgehead atoms. The van der Waals surface area contributed by atoms with Gasteiger partial charge in [0.05, 0.1) is 24.5 Å². The maximum Gasteiger partial charge on any atom is 0.186 e. The molecule has 1 heterocycles. The average molecular weight is 326 g/mol. The molecule has 4 radical (unpaired) electrons. The monoisotopic (exact) mass is 326 g/mol. The van der Waals surface area contributed by atoms with E-state index in [1.165, 1.54) is 12.1 Å². The Morgan fingerprint density at radius 2 is 2.19 bits per heavy atom. The van der Waals surface area contributed by atoms with Crippen LogP contribution >= 0.6 is 17.9 Å². The molecule has 110 valence electrons. The van der Waals surface area contributed by atoms with Gasteiger partial charge in [0.15, 0.2) is 16.0 Å². The number of rotatable bonds is 8. The zero-order valence-electron chi connectivity index (χ0n) is 11.3. The van der Waals surface area contributed by atoms with Gasteiger partial charge in [-0.2, -0.15) is 0 Å². The van der Waals surface area contributed by atoms with Crippen molar-refractivity contribution in [2.45, 2.75) is 25.0 Å². The minimum absolute atomic E-state index is 0.0174. The lowest BCUT2D eigenvalue weighted by Crippen LogP contribution is -2.38. The van der Waals surface area contributed by atoms with Gasteiger partial charge in [0.1, 0.15) is 23.8 Å². The second-order valence-electron chi connectivity index (χ2n) is 4.41. The molecule has 1 aliphatic rings. The van der Waals surface area contributed by atoms with Gasteiger partial charge in [-0.1, -0.05) is 0 Å². The van der Waals surface area contributed by atoms with Gasteiger partial charge in [-0.15, -0.1) is 0 Å². The molecule has 0 saturated carbocycles. The van der Waals surface area contributed by atoms with Crippen LogP contribution in [-0.2, 0) is 15.5 Å². The molecule has 0 amide bonds. The van der Waals surface area contributed by atoms with Crippen LogP contribution in [0.2, 0.25) is 0 Å². The van der Waals surface area contributed by atoms with E-state index in [-0.39, 0.29) is 35.9 Å². The van der Waals surface area contributed by atoms with Crippen molar-refractivity contribution in [3.63, 3.8) is 0 Å². The van der Waals surface area contributed by atoms with E-state index in [9.17, 15) is 4.39 Å². The summed E-state index contributed by atoms with van der Waals surface area (Å²) in [6.45, 7) is 0.332. The molecule has 21 heavy (non-hydrogen) atoms. The van der Waals surface area contributed by atoms with Crippen molar-refractivity contribution >= 4 is 33.9 Å². The number of benzene rings is 1. The second-order valence-corrected chi connectivity index (χ2v) is 5.92. The fraction of sp³-hybridized carbons (Fsp3) is 0.455. The van der Waals surface area contributed by atoms with Gasteiger partial charge in [-0.3, -0.25) is 0 Å². The standard InChI is InChI=1S/C11H15B2FN2O3P2/c12-15-20-17-6-11(19-21-16-13)10-3-1-7-5-8(14)2-4-9(7)18-10/h2,4-5,10-11,15-16,20-21H,1,3,6H2/t10-,11-/m1/s1. The van der Waals surface area contributed by atoms with E-state index >= 15 is 0 Å². The normalized spacial score (nSPS) is 20.0. The van der Waals surface area contributed by atoms with Crippen LogP contribution in [0.25, 0.3) is 0 Å². The van der Waals surface area contributed by atoms with Crippen molar-refractivity contribution in [3.8, 4) is 5.75 Å². The number of hydrogen-bond donors (Lipinski definition) is 2. The fourth-order valence-corrected chi connectivity index (χ4v) is 2.90. The predicted octanol–water partition coefficient (Wildman–Crippen LogP) is 1.28. The molecule has 0 aliphatic carbocycles. The summed E-state index contributed by atoms with van der Waals surface area (Å²) in [5.74, 6) is 0.431. The van der Waals surface area contributed by atoms with Crippen molar-refractivity contribution in [1.29, 1.82) is 0 Å². The zero-order valence-corrected chi connectivity index (χ0v) is 13.3. The summed E-state index contributed by atoms with van der Waals surface area (Å²) in [6, 6.07) is 4.53. The summed E-state index contributed by atoms with van der Waals surface area (Å²) >= 11 is 0. The summed E-state index contributed by atoms with van der Waals surface area (Å²) in [5, 5.41) is 0. The van der Waals surface area contributed by atoms with Gasteiger partial charge in [0, 0.05) is 0 Å². The van der Waals surface area contributed by atoms with Gasteiger partial charge in [0.2, 0.25) is 0 Å². The Morgan fingerprint density at radius 3 is 2.95 bits per heavy atom. The topological polar surface area (TPSA) is 51.8 Å². The molecule has 1 aromatic rings. The van der Waals surface area contributed by atoms with Crippen molar-refractivity contribution in [2.75, 3.05) is 6.61 Å². The minimum Gasteiger partial charge on any atom is -0.487 e. The third-order valence-electron chi connectivity index (χ3n) is 3.06. The van der Waals surface area contributed by atoms with Crippen LogP contribution in [0.4, 0.5) is 4.39 Å². The van der Waals surface area contributed by atoms with Crippen molar-refractivity contribution in [3.05, 3.63) is 29.6 Å². The lowest BCUT2D eigenvalue weighted by molar-refractivity contribution is 0.0239. The van der Waals surface area contributed by atoms with Crippen LogP contribution in [0.3, 0.4) is 0 Å². The third kappa shape index (κ3) is 5.17. The molecule has 4 atom stereocenters. The number of hydrogen-bond acceptors (Lipinski definition) is 5. The fourth-order valence-electron chi connectivity index (χ4n) is 2.13. The molecule has 0 aromatic heterocycles. The maximum absolute atomic E-state index is 13.2. The molecular weight excluding hydrogens is 311 g/mol. The quantitative estimate of drug-likeness (QED) is 0.428. The third-order valence-corrected chi connectivity index (χ3v) is 4.03. The molecule has 2 unspecified atom stereocenters. The van der Waals surface area contributed by atoms with Crippen molar-refractivity contribution in [1.82, 2.24) is 10.00 Å². The summed E-state index contributed by atoms with van der Waals surface area (Å²) in [6.07, 6.45) is 0.997. The molecule has 0 fully saturated rings. The van der Waals surface area contributed by atoms with Gasteiger partial charge in [-0.25, -0.2) is 4.39 Å². The first-order chi connectivity index (χ1) is 10.2. The van der Waals surface area contributed by atoms with Crippen LogP contribution in [0.15, 0.2) is 18.2 Å². The van der Waals surface area contributed by atoms with Gasteiger partial charge >= 0.3 is 0 Å². The number of ether oxygens (including phenoxy) is 1. The van der Waals surface area contributed by atoms with Gasteiger partial charge < -0.3 is 23.8 Å².